The van der Waals surface area contributed by atoms with Gasteiger partial charge in [0.1, 0.15) is 0 Å². The van der Waals surface area contributed by atoms with Crippen molar-refractivity contribution in [3.8, 4) is 0 Å². The van der Waals surface area contributed by atoms with Gasteiger partial charge in [0.15, 0.2) is 0 Å². The Kier molecular flexibility index (Phi) is 2.47. The summed E-state index contributed by atoms with van der Waals surface area (Å²) in [5.41, 5.74) is 1.39. The van der Waals surface area contributed by atoms with E-state index < -0.39 is 10.2 Å². The Balaban J connectivity index is 3.44. The zero-order valence-corrected chi connectivity index (χ0v) is 9.47. The van der Waals surface area contributed by atoms with Crippen LogP contribution in [0.4, 0.5) is 0 Å². The molecule has 1 rings (SSSR count). The zero-order chi connectivity index (χ0) is 10.2. The Labute approximate surface area is 79.4 Å². The average Bonchev–Trinajstić information content (AvgIpc) is 1.98. The topological polar surface area (TPSA) is 47.8 Å². The van der Waals surface area contributed by atoms with E-state index >= 15 is 0 Å². The Morgan fingerprint density at radius 3 is 2.23 bits per heavy atom. The van der Waals surface area contributed by atoms with Crippen molar-refractivity contribution < 1.29 is 0 Å². The molecule has 0 saturated heterocycles. The molecule has 0 radical (unpaired) electrons. The first-order chi connectivity index (χ1) is 5.84. The summed E-state index contributed by atoms with van der Waals surface area (Å²) in [5.74, 6) is 0. The number of rotatable bonds is 1. The lowest BCUT2D eigenvalue weighted by atomic mass is 10.3. The van der Waals surface area contributed by atoms with Crippen LogP contribution in [0.3, 0.4) is 0 Å². The maximum Gasteiger partial charge on any atom is 0.281 e. The fraction of sp³-hybridized carbons (Fsp3) is 0.625. The fourth-order valence-electron chi connectivity index (χ4n) is 0.880. The second-order valence-corrected chi connectivity index (χ2v) is 7.64. The van der Waals surface area contributed by atoms with E-state index in [1.807, 2.05) is 18.8 Å². The average molecular weight is 201 g/mol. The quantitative estimate of drug-likeness (QED) is 0.672. The van der Waals surface area contributed by atoms with Gasteiger partial charge in [-0.2, -0.15) is 4.09 Å². The molecule has 1 aromatic heterocycles. The third-order valence-electron chi connectivity index (χ3n) is 1.83. The van der Waals surface area contributed by atoms with E-state index in [0.717, 1.165) is 0 Å². The third kappa shape index (κ3) is 1.91. The molecule has 5 heteroatoms. The Morgan fingerprint density at radius 2 is 1.77 bits per heavy atom. The predicted molar refractivity (Wildman–Crippen MR) is 56.5 cm³/mol. The first-order valence-electron chi connectivity index (χ1n) is 3.96. The van der Waals surface area contributed by atoms with Crippen molar-refractivity contribution in [2.24, 2.45) is 0 Å². The van der Waals surface area contributed by atoms with Crippen LogP contribution in [0.15, 0.2) is 4.79 Å². The van der Waals surface area contributed by atoms with E-state index in [1.54, 1.807) is 13.8 Å². The third-order valence-corrected chi connectivity index (χ3v) is 3.11. The van der Waals surface area contributed by atoms with Gasteiger partial charge in [0, 0.05) is 5.56 Å². The SMILES string of the molecule is Cc1nnn(S(C)(C)C)c(=O)c1C. The van der Waals surface area contributed by atoms with Crippen molar-refractivity contribution in [1.29, 1.82) is 0 Å². The van der Waals surface area contributed by atoms with Crippen LogP contribution in [0.2, 0.25) is 0 Å². The summed E-state index contributed by atoms with van der Waals surface area (Å²) >= 11 is 0. The molecule has 1 aromatic rings. The van der Waals surface area contributed by atoms with Crippen LogP contribution in [0, 0.1) is 13.8 Å². The van der Waals surface area contributed by atoms with Crippen LogP contribution in [0.1, 0.15) is 11.3 Å². The highest BCUT2D eigenvalue weighted by atomic mass is 32.3. The van der Waals surface area contributed by atoms with Crippen LogP contribution >= 0.6 is 10.2 Å². The molecular formula is C8H15N3OS. The lowest BCUT2D eigenvalue weighted by Crippen LogP contribution is -2.29. The fourth-order valence-corrected chi connectivity index (χ4v) is 1.77. The van der Waals surface area contributed by atoms with Crippen molar-refractivity contribution in [2.75, 3.05) is 18.8 Å². The van der Waals surface area contributed by atoms with Crippen molar-refractivity contribution in [3.63, 3.8) is 0 Å². The maximum atomic E-state index is 11.7. The molecule has 0 spiro atoms. The van der Waals surface area contributed by atoms with E-state index in [2.05, 4.69) is 10.3 Å². The summed E-state index contributed by atoms with van der Waals surface area (Å²) in [5, 5.41) is 7.84. The molecule has 0 N–H and O–H groups in total. The van der Waals surface area contributed by atoms with E-state index in [4.69, 9.17) is 0 Å². The number of nitrogens with zero attached hydrogens (tertiary/aromatic N) is 3. The van der Waals surface area contributed by atoms with Gasteiger partial charge in [0.05, 0.1) is 5.69 Å². The minimum Gasteiger partial charge on any atom is -0.266 e. The summed E-state index contributed by atoms with van der Waals surface area (Å²) in [7, 11) is -1.14. The largest absolute Gasteiger partial charge is 0.281 e. The molecule has 0 aliphatic heterocycles. The normalized spacial score (nSPS) is 13.0. The van der Waals surface area contributed by atoms with Gasteiger partial charge in [0.2, 0.25) is 0 Å². The lowest BCUT2D eigenvalue weighted by molar-refractivity contribution is 0.754. The molecule has 0 bridgehead atoms. The number of hydrogen-bond donors (Lipinski definition) is 0. The first-order valence-corrected chi connectivity index (χ1v) is 6.77. The molecule has 0 aromatic carbocycles. The van der Waals surface area contributed by atoms with Gasteiger partial charge in [0.25, 0.3) is 5.56 Å². The molecule has 4 nitrogen and oxygen atoms in total. The zero-order valence-electron chi connectivity index (χ0n) is 8.66. The summed E-state index contributed by atoms with van der Waals surface area (Å²) < 4.78 is 1.50. The van der Waals surface area contributed by atoms with Gasteiger partial charge in [-0.05, 0) is 32.6 Å². The molecule has 0 saturated carbocycles. The summed E-state index contributed by atoms with van der Waals surface area (Å²) in [4.78, 5) is 11.7. The molecule has 1 heterocycles. The van der Waals surface area contributed by atoms with Crippen LogP contribution in [-0.2, 0) is 0 Å². The van der Waals surface area contributed by atoms with E-state index in [1.165, 1.54) is 4.09 Å². The minimum absolute atomic E-state index is 0.0185. The minimum atomic E-state index is -1.14. The molecule has 0 amide bonds. The Morgan fingerprint density at radius 1 is 1.23 bits per heavy atom. The Hall–Kier alpha value is -0.840. The standard InChI is InChI=1S/C8H15N3OS/c1-6-7(2)9-10-11(8(6)12)13(3,4)5/h1-5H3. The van der Waals surface area contributed by atoms with Gasteiger partial charge in [-0.3, -0.25) is 4.79 Å². The van der Waals surface area contributed by atoms with Gasteiger partial charge in [-0.15, -0.1) is 15.3 Å². The summed E-state index contributed by atoms with van der Waals surface area (Å²) in [6, 6.07) is 0. The lowest BCUT2D eigenvalue weighted by Gasteiger charge is -2.25. The van der Waals surface area contributed by atoms with Gasteiger partial charge in [-0.1, -0.05) is 5.21 Å². The number of aryl methyl sites for hydroxylation is 1. The van der Waals surface area contributed by atoms with E-state index in [-0.39, 0.29) is 5.56 Å². The number of hydrogen-bond acceptors (Lipinski definition) is 3. The van der Waals surface area contributed by atoms with Gasteiger partial charge < -0.3 is 0 Å². The maximum absolute atomic E-state index is 11.7. The number of aromatic nitrogens is 3. The van der Waals surface area contributed by atoms with Crippen molar-refractivity contribution in [1.82, 2.24) is 14.4 Å². The summed E-state index contributed by atoms with van der Waals surface area (Å²) in [6.07, 6.45) is 6.04. The highest BCUT2D eigenvalue weighted by Crippen LogP contribution is 2.33. The second kappa shape index (κ2) is 3.14. The monoisotopic (exact) mass is 201 g/mol. The second-order valence-electron chi connectivity index (χ2n) is 3.75. The van der Waals surface area contributed by atoms with Crippen molar-refractivity contribution in [2.45, 2.75) is 13.8 Å². The van der Waals surface area contributed by atoms with Gasteiger partial charge in [-0.25, -0.2) is 0 Å². The van der Waals surface area contributed by atoms with E-state index in [0.29, 0.717) is 11.3 Å². The van der Waals surface area contributed by atoms with Crippen molar-refractivity contribution >= 4 is 10.2 Å². The Bertz CT molecular complexity index is 378. The van der Waals surface area contributed by atoms with Crippen LogP contribution in [-0.4, -0.2) is 33.2 Å². The van der Waals surface area contributed by atoms with Crippen LogP contribution in [0.5, 0.6) is 0 Å². The first kappa shape index (κ1) is 10.2. The predicted octanol–water partition coefficient (Wildman–Crippen LogP) is 0.712. The molecule has 13 heavy (non-hydrogen) atoms. The molecule has 0 aliphatic carbocycles. The van der Waals surface area contributed by atoms with Crippen LogP contribution < -0.4 is 5.56 Å². The molecule has 0 aliphatic rings. The van der Waals surface area contributed by atoms with Gasteiger partial charge >= 0.3 is 0 Å². The smallest absolute Gasteiger partial charge is 0.266 e. The highest BCUT2D eigenvalue weighted by molar-refractivity contribution is 8.30. The highest BCUT2D eigenvalue weighted by Gasteiger charge is 2.13. The molecule has 0 fully saturated rings. The van der Waals surface area contributed by atoms with Crippen molar-refractivity contribution in [3.05, 3.63) is 21.6 Å². The molecule has 0 atom stereocenters. The molecule has 74 valence electrons. The summed E-state index contributed by atoms with van der Waals surface area (Å²) in [6.45, 7) is 3.58. The molecular weight excluding hydrogens is 186 g/mol. The van der Waals surface area contributed by atoms with E-state index in [9.17, 15) is 4.79 Å². The van der Waals surface area contributed by atoms with Crippen LogP contribution in [0.25, 0.3) is 0 Å². The molecule has 0 unspecified atom stereocenters.